The van der Waals surface area contributed by atoms with Crippen LogP contribution in [0.25, 0.3) is 10.9 Å². The third-order valence-corrected chi connectivity index (χ3v) is 5.82. The van der Waals surface area contributed by atoms with E-state index in [1.165, 1.54) is 0 Å². The van der Waals surface area contributed by atoms with Gasteiger partial charge < -0.3 is 15.2 Å². The first-order valence-electron chi connectivity index (χ1n) is 10.5. The second-order valence-corrected chi connectivity index (χ2v) is 7.79. The van der Waals surface area contributed by atoms with E-state index < -0.39 is 5.54 Å². The molecule has 1 atom stereocenters. The largest absolute Gasteiger partial charge is 0.491 e. The number of carbonyl (C=O) groups is 2. The Bertz CT molecular complexity index is 1300. The maximum absolute atomic E-state index is 13.6. The summed E-state index contributed by atoms with van der Waals surface area (Å²) in [5.74, 6) is 0.539. The fraction of sp³-hybridized carbons (Fsp3) is 0.200. The molecule has 0 aliphatic carbocycles. The second kappa shape index (κ2) is 9.12. The van der Waals surface area contributed by atoms with E-state index in [1.807, 2.05) is 44.3 Å². The van der Waals surface area contributed by atoms with Crippen LogP contribution >= 0.6 is 0 Å². The number of carboxylic acid groups (broad SMARTS) is 1. The predicted octanol–water partition coefficient (Wildman–Crippen LogP) is 3.43. The molecule has 33 heavy (non-hydrogen) atoms. The van der Waals surface area contributed by atoms with Crippen molar-refractivity contribution >= 4 is 23.3 Å². The fourth-order valence-corrected chi connectivity index (χ4v) is 4.21. The molecule has 5 rings (SSSR count). The molecule has 0 spiro atoms. The van der Waals surface area contributed by atoms with Gasteiger partial charge in [-0.2, -0.15) is 5.10 Å². The summed E-state index contributed by atoms with van der Waals surface area (Å²) in [7, 11) is 1.87. The molecule has 0 radical (unpaired) electrons. The zero-order valence-corrected chi connectivity index (χ0v) is 18.4. The molecule has 3 heterocycles. The predicted molar refractivity (Wildman–Crippen MR) is 123 cm³/mol. The number of amides is 1. The van der Waals surface area contributed by atoms with E-state index in [4.69, 9.17) is 14.6 Å². The highest BCUT2D eigenvalue weighted by Crippen LogP contribution is 2.40. The monoisotopic (exact) mass is 444 g/mol. The van der Waals surface area contributed by atoms with Gasteiger partial charge in [-0.25, -0.2) is 0 Å². The van der Waals surface area contributed by atoms with Gasteiger partial charge in [0.25, 0.3) is 12.4 Å². The number of aromatic nitrogens is 3. The van der Waals surface area contributed by atoms with E-state index in [2.05, 4.69) is 39.7 Å². The van der Waals surface area contributed by atoms with Gasteiger partial charge in [-0.1, -0.05) is 35.9 Å². The minimum absolute atomic E-state index is 0.160. The standard InChI is InChI=1S/C24H22N4O2.CH2O2/c1-16-8-10-17(11-9-16)24(12-14-30-21-7-4-13-25-22(21)24)27-23(29)18-5-3-6-20-19(18)15-26-28(20)2;2-1-3/h3-11,13,15H,12,14H2,1-2H3,(H,27,29);1H,(H,2,3)/t24-;/m0./s1. The number of ether oxygens (including phenoxy) is 1. The molecule has 0 saturated heterocycles. The Balaban J connectivity index is 0.000000821. The average Bonchev–Trinajstić information content (AvgIpc) is 3.21. The van der Waals surface area contributed by atoms with Gasteiger partial charge in [0.15, 0.2) is 0 Å². The molecule has 0 saturated carbocycles. The summed E-state index contributed by atoms with van der Waals surface area (Å²) in [4.78, 5) is 26.6. The van der Waals surface area contributed by atoms with Crippen molar-refractivity contribution in [3.05, 3.63) is 89.4 Å². The molecule has 1 aliphatic heterocycles. The molecule has 4 aromatic rings. The minimum Gasteiger partial charge on any atom is -0.491 e. The summed E-state index contributed by atoms with van der Waals surface area (Å²) in [6, 6.07) is 17.7. The molecule has 2 aromatic carbocycles. The van der Waals surface area contributed by atoms with Crippen molar-refractivity contribution in [2.45, 2.75) is 18.9 Å². The van der Waals surface area contributed by atoms with Gasteiger partial charge in [-0.15, -0.1) is 0 Å². The molecule has 2 N–H and O–H groups in total. The second-order valence-electron chi connectivity index (χ2n) is 7.79. The Morgan fingerprint density at radius 2 is 1.94 bits per heavy atom. The summed E-state index contributed by atoms with van der Waals surface area (Å²) >= 11 is 0. The van der Waals surface area contributed by atoms with E-state index in [-0.39, 0.29) is 12.4 Å². The Hall–Kier alpha value is -4.20. The summed E-state index contributed by atoms with van der Waals surface area (Å²) < 4.78 is 7.63. The van der Waals surface area contributed by atoms with Gasteiger partial charge in [0.1, 0.15) is 17.0 Å². The Kier molecular flexibility index (Phi) is 6.08. The van der Waals surface area contributed by atoms with Crippen LogP contribution in [0.15, 0.2) is 67.0 Å². The van der Waals surface area contributed by atoms with Crippen molar-refractivity contribution in [2.75, 3.05) is 6.61 Å². The highest BCUT2D eigenvalue weighted by Gasteiger charge is 2.42. The van der Waals surface area contributed by atoms with Crippen molar-refractivity contribution in [1.82, 2.24) is 20.1 Å². The smallest absolute Gasteiger partial charge is 0.290 e. The van der Waals surface area contributed by atoms with E-state index in [1.54, 1.807) is 17.1 Å². The van der Waals surface area contributed by atoms with Gasteiger partial charge in [0.2, 0.25) is 0 Å². The molecule has 8 heteroatoms. The number of carbonyl (C=O) groups excluding carboxylic acids is 1. The van der Waals surface area contributed by atoms with Crippen LogP contribution in [0.1, 0.15) is 33.6 Å². The fourth-order valence-electron chi connectivity index (χ4n) is 4.21. The summed E-state index contributed by atoms with van der Waals surface area (Å²) in [5, 5.41) is 15.3. The van der Waals surface area contributed by atoms with Crippen LogP contribution in [0.3, 0.4) is 0 Å². The van der Waals surface area contributed by atoms with Crippen molar-refractivity contribution in [3.63, 3.8) is 0 Å². The van der Waals surface area contributed by atoms with Crippen LogP contribution in [0.5, 0.6) is 5.75 Å². The van der Waals surface area contributed by atoms with Gasteiger partial charge in [0, 0.05) is 25.1 Å². The zero-order valence-electron chi connectivity index (χ0n) is 18.4. The number of hydrogen-bond donors (Lipinski definition) is 2. The van der Waals surface area contributed by atoms with Crippen molar-refractivity contribution in [3.8, 4) is 5.75 Å². The van der Waals surface area contributed by atoms with Crippen LogP contribution in [-0.4, -0.2) is 38.9 Å². The topological polar surface area (TPSA) is 106 Å². The molecular weight excluding hydrogens is 420 g/mol. The maximum atomic E-state index is 13.6. The number of nitrogens with zero attached hydrogens (tertiary/aromatic N) is 3. The third kappa shape index (κ3) is 4.03. The van der Waals surface area contributed by atoms with Crippen LogP contribution in [0.2, 0.25) is 0 Å². The first-order valence-corrected chi connectivity index (χ1v) is 10.5. The third-order valence-electron chi connectivity index (χ3n) is 5.82. The van der Waals surface area contributed by atoms with E-state index in [0.717, 1.165) is 27.7 Å². The number of hydrogen-bond acceptors (Lipinski definition) is 5. The number of pyridine rings is 1. The lowest BCUT2D eigenvalue weighted by Gasteiger charge is -2.39. The number of rotatable bonds is 3. The zero-order chi connectivity index (χ0) is 23.4. The van der Waals surface area contributed by atoms with Crippen LogP contribution in [0.4, 0.5) is 0 Å². The quantitative estimate of drug-likeness (QED) is 0.469. The van der Waals surface area contributed by atoms with Crippen molar-refractivity contribution in [1.29, 1.82) is 0 Å². The highest BCUT2D eigenvalue weighted by molar-refractivity contribution is 6.06. The van der Waals surface area contributed by atoms with Crippen LogP contribution in [-0.2, 0) is 17.4 Å². The normalized spacial score (nSPS) is 16.7. The van der Waals surface area contributed by atoms with Gasteiger partial charge in [-0.3, -0.25) is 19.3 Å². The van der Waals surface area contributed by atoms with Crippen molar-refractivity contribution < 1.29 is 19.4 Å². The van der Waals surface area contributed by atoms with Gasteiger partial charge in [0.05, 0.1) is 23.9 Å². The first-order chi connectivity index (χ1) is 16.0. The Morgan fingerprint density at radius 1 is 1.18 bits per heavy atom. The van der Waals surface area contributed by atoms with Crippen LogP contribution < -0.4 is 10.1 Å². The average molecular weight is 444 g/mol. The Labute approximate surface area is 190 Å². The number of benzene rings is 2. The lowest BCUT2D eigenvalue weighted by Crippen LogP contribution is -2.50. The molecule has 2 aromatic heterocycles. The number of aryl methyl sites for hydroxylation is 2. The van der Waals surface area contributed by atoms with Gasteiger partial charge >= 0.3 is 0 Å². The lowest BCUT2D eigenvalue weighted by molar-refractivity contribution is -0.122. The molecule has 0 bridgehead atoms. The SMILES string of the molecule is Cc1ccc([C@@]2(NC(=O)c3cccc4c3cnn4C)CCOc3cccnc32)cc1.O=CO. The minimum atomic E-state index is -0.774. The van der Waals surface area contributed by atoms with E-state index in [9.17, 15) is 4.79 Å². The maximum Gasteiger partial charge on any atom is 0.290 e. The lowest BCUT2D eigenvalue weighted by atomic mass is 9.81. The molecule has 168 valence electrons. The van der Waals surface area contributed by atoms with Crippen molar-refractivity contribution in [2.24, 2.45) is 7.05 Å². The van der Waals surface area contributed by atoms with Gasteiger partial charge in [-0.05, 0) is 36.8 Å². The highest BCUT2D eigenvalue weighted by atomic mass is 16.5. The molecule has 0 fully saturated rings. The molecule has 1 amide bonds. The summed E-state index contributed by atoms with van der Waals surface area (Å²) in [6.07, 6.45) is 4.07. The molecule has 1 aliphatic rings. The number of fused-ring (bicyclic) bond motifs is 2. The Morgan fingerprint density at radius 3 is 2.70 bits per heavy atom. The number of nitrogens with one attached hydrogen (secondary N) is 1. The molecule has 0 unspecified atom stereocenters. The molecule has 8 nitrogen and oxygen atoms in total. The van der Waals surface area contributed by atoms with Crippen LogP contribution in [0, 0.1) is 6.92 Å². The summed E-state index contributed by atoms with van der Waals surface area (Å²) in [5.41, 5.74) is 3.61. The first kappa shape index (κ1) is 22.0. The van der Waals surface area contributed by atoms with E-state index >= 15 is 0 Å². The summed E-state index contributed by atoms with van der Waals surface area (Å²) in [6.45, 7) is 2.29. The van der Waals surface area contributed by atoms with E-state index in [0.29, 0.717) is 24.3 Å². The molecular formula is C25H24N4O4.